The van der Waals surface area contributed by atoms with Crippen molar-refractivity contribution in [3.05, 3.63) is 20.8 Å². The van der Waals surface area contributed by atoms with Crippen LogP contribution in [0.5, 0.6) is 0 Å². The predicted octanol–water partition coefficient (Wildman–Crippen LogP) is 3.07. The third-order valence-corrected chi connectivity index (χ3v) is 4.90. The second-order valence-electron chi connectivity index (χ2n) is 5.98. The number of aliphatic imine (C=N–C) groups is 1. The molecule has 0 spiro atoms. The number of carbonyl (C=O) groups is 1. The van der Waals surface area contributed by atoms with E-state index in [9.17, 15) is 4.79 Å². The Bertz CT molecular complexity index is 542. The largest absolute Gasteiger partial charge is 0.357 e. The summed E-state index contributed by atoms with van der Waals surface area (Å²) in [6.45, 7) is 10.5. The first-order valence-electron chi connectivity index (χ1n) is 7.82. The summed E-state index contributed by atoms with van der Waals surface area (Å²) in [6.07, 6.45) is 0. The summed E-state index contributed by atoms with van der Waals surface area (Å²) in [7, 11) is 2.01. The first-order chi connectivity index (χ1) is 10.8. The maximum absolute atomic E-state index is 12.1. The Labute approximate surface area is 151 Å². The molecule has 0 aliphatic heterocycles. The van der Waals surface area contributed by atoms with E-state index >= 15 is 0 Å². The molecule has 0 saturated heterocycles. The van der Waals surface area contributed by atoms with E-state index in [1.807, 2.05) is 34.7 Å². The van der Waals surface area contributed by atoms with Gasteiger partial charge in [0.25, 0.3) is 0 Å². The normalized spacial score (nSPS) is 12.2. The number of amides is 1. The van der Waals surface area contributed by atoms with Crippen LogP contribution in [0.15, 0.2) is 20.9 Å². The molecule has 1 rings (SSSR count). The predicted molar refractivity (Wildman–Crippen MR) is 102 cm³/mol. The summed E-state index contributed by atoms with van der Waals surface area (Å²) in [5.41, 5.74) is -0.524. The number of halogens is 1. The second-order valence-corrected chi connectivity index (χ2v) is 8.52. The molecule has 1 aromatic heterocycles. The van der Waals surface area contributed by atoms with Gasteiger partial charge in [-0.1, -0.05) is 0 Å². The van der Waals surface area contributed by atoms with Gasteiger partial charge in [0.15, 0.2) is 5.96 Å². The molecule has 1 aromatic rings. The van der Waals surface area contributed by atoms with Crippen LogP contribution in [0.2, 0.25) is 0 Å². The Morgan fingerprint density at radius 3 is 2.48 bits per heavy atom. The number of rotatable bonds is 7. The molecule has 0 unspecified atom stereocenters. The van der Waals surface area contributed by atoms with Gasteiger partial charge in [0, 0.05) is 25.0 Å². The van der Waals surface area contributed by atoms with Crippen molar-refractivity contribution in [3.63, 3.8) is 0 Å². The number of thiophene rings is 1. The van der Waals surface area contributed by atoms with Crippen LogP contribution in [0.3, 0.4) is 0 Å². The highest BCUT2D eigenvalue weighted by atomic mass is 79.9. The highest BCUT2D eigenvalue weighted by molar-refractivity contribution is 9.11. The molecule has 0 saturated carbocycles. The summed E-state index contributed by atoms with van der Waals surface area (Å²) < 4.78 is 1.13. The zero-order chi connectivity index (χ0) is 17.5. The van der Waals surface area contributed by atoms with E-state index in [4.69, 9.17) is 0 Å². The lowest BCUT2D eigenvalue weighted by molar-refractivity contribution is -0.128. The number of hydrogen-bond donors (Lipinski definition) is 2. The van der Waals surface area contributed by atoms with Crippen molar-refractivity contribution in [1.82, 2.24) is 15.5 Å². The molecule has 7 heteroatoms. The van der Waals surface area contributed by atoms with E-state index in [1.165, 1.54) is 4.88 Å². The minimum atomic E-state index is -0.524. The van der Waals surface area contributed by atoms with Gasteiger partial charge in [-0.15, -0.1) is 11.3 Å². The van der Waals surface area contributed by atoms with Crippen LogP contribution in [0, 0.1) is 5.41 Å². The van der Waals surface area contributed by atoms with Gasteiger partial charge in [0.2, 0.25) is 5.91 Å². The van der Waals surface area contributed by atoms with E-state index in [0.717, 1.165) is 22.8 Å². The number of nitrogens with one attached hydrogen (secondary N) is 2. The molecule has 0 aliphatic rings. The van der Waals surface area contributed by atoms with E-state index < -0.39 is 5.41 Å². The summed E-state index contributed by atoms with van der Waals surface area (Å²) in [5, 5.41) is 6.16. The van der Waals surface area contributed by atoms with Crippen LogP contribution < -0.4 is 10.6 Å². The smallest absolute Gasteiger partial charge is 0.227 e. The molecular formula is C16H27BrN4OS. The van der Waals surface area contributed by atoms with Crippen molar-refractivity contribution in [3.8, 4) is 0 Å². The average Bonchev–Trinajstić information content (AvgIpc) is 2.88. The van der Waals surface area contributed by atoms with Crippen molar-refractivity contribution in [2.24, 2.45) is 10.4 Å². The first kappa shape index (κ1) is 20.0. The molecule has 0 fully saturated rings. The third-order valence-electron chi connectivity index (χ3n) is 3.29. The van der Waals surface area contributed by atoms with Gasteiger partial charge in [0.05, 0.1) is 22.3 Å². The SMILES string of the molecule is CCNC(=O)C(C)(C)CN=C(NCC)N(C)Cc1ccc(Br)s1. The summed E-state index contributed by atoms with van der Waals surface area (Å²) >= 11 is 5.20. The van der Waals surface area contributed by atoms with Crippen LogP contribution >= 0.6 is 27.3 Å². The minimum Gasteiger partial charge on any atom is -0.357 e. The Morgan fingerprint density at radius 1 is 1.30 bits per heavy atom. The van der Waals surface area contributed by atoms with Crippen LogP contribution in [0.4, 0.5) is 0 Å². The molecule has 1 amide bonds. The minimum absolute atomic E-state index is 0.0319. The van der Waals surface area contributed by atoms with Crippen molar-refractivity contribution in [2.75, 3.05) is 26.7 Å². The molecular weight excluding hydrogens is 376 g/mol. The van der Waals surface area contributed by atoms with Crippen molar-refractivity contribution >= 4 is 39.1 Å². The molecule has 130 valence electrons. The highest BCUT2D eigenvalue weighted by Gasteiger charge is 2.27. The Morgan fingerprint density at radius 2 is 1.96 bits per heavy atom. The van der Waals surface area contributed by atoms with Gasteiger partial charge in [-0.2, -0.15) is 0 Å². The van der Waals surface area contributed by atoms with Gasteiger partial charge < -0.3 is 15.5 Å². The van der Waals surface area contributed by atoms with E-state index in [2.05, 4.69) is 48.6 Å². The highest BCUT2D eigenvalue weighted by Crippen LogP contribution is 2.23. The fraction of sp³-hybridized carbons (Fsp3) is 0.625. The third kappa shape index (κ3) is 6.51. The maximum atomic E-state index is 12.1. The van der Waals surface area contributed by atoms with Gasteiger partial charge in [0.1, 0.15) is 0 Å². The zero-order valence-electron chi connectivity index (χ0n) is 14.6. The first-order valence-corrected chi connectivity index (χ1v) is 9.43. The fourth-order valence-electron chi connectivity index (χ4n) is 1.96. The molecule has 23 heavy (non-hydrogen) atoms. The molecule has 0 radical (unpaired) electrons. The van der Waals surface area contributed by atoms with Gasteiger partial charge in [-0.25, -0.2) is 0 Å². The quantitative estimate of drug-likeness (QED) is 0.544. The number of hydrogen-bond acceptors (Lipinski definition) is 3. The fourth-order valence-corrected chi connectivity index (χ4v) is 3.50. The Hall–Kier alpha value is -1.08. The lowest BCUT2D eigenvalue weighted by atomic mass is 9.92. The number of guanidine groups is 1. The number of carbonyl (C=O) groups excluding carboxylic acids is 1. The molecule has 5 nitrogen and oxygen atoms in total. The zero-order valence-corrected chi connectivity index (χ0v) is 17.0. The average molecular weight is 403 g/mol. The van der Waals surface area contributed by atoms with Crippen molar-refractivity contribution in [2.45, 2.75) is 34.2 Å². The Kier molecular flexibility index (Phi) is 8.05. The van der Waals surface area contributed by atoms with Crippen LogP contribution in [0.1, 0.15) is 32.6 Å². The summed E-state index contributed by atoms with van der Waals surface area (Å²) in [4.78, 5) is 20.1. The lowest BCUT2D eigenvalue weighted by Gasteiger charge is -2.25. The van der Waals surface area contributed by atoms with Gasteiger partial charge in [-0.3, -0.25) is 9.79 Å². The standard InChI is InChI=1S/C16H27BrN4OS/c1-6-18-14(22)16(3,4)11-20-15(19-7-2)21(5)10-12-8-9-13(17)23-12/h8-9H,6-7,10-11H2,1-5H3,(H,18,22)(H,19,20). The molecule has 0 aromatic carbocycles. The summed E-state index contributed by atoms with van der Waals surface area (Å²) in [5.74, 6) is 0.846. The summed E-state index contributed by atoms with van der Waals surface area (Å²) in [6, 6.07) is 4.16. The molecule has 0 atom stereocenters. The number of nitrogens with zero attached hydrogens (tertiary/aromatic N) is 2. The monoisotopic (exact) mass is 402 g/mol. The molecule has 2 N–H and O–H groups in total. The van der Waals surface area contributed by atoms with E-state index in [-0.39, 0.29) is 5.91 Å². The maximum Gasteiger partial charge on any atom is 0.227 e. The second kappa shape index (κ2) is 9.27. The van der Waals surface area contributed by atoms with Crippen LogP contribution in [-0.4, -0.2) is 43.4 Å². The van der Waals surface area contributed by atoms with E-state index in [0.29, 0.717) is 13.1 Å². The molecule has 0 aliphatic carbocycles. The van der Waals surface area contributed by atoms with Crippen molar-refractivity contribution in [1.29, 1.82) is 0 Å². The van der Waals surface area contributed by atoms with E-state index in [1.54, 1.807) is 11.3 Å². The van der Waals surface area contributed by atoms with Crippen molar-refractivity contribution < 1.29 is 4.79 Å². The molecule has 1 heterocycles. The lowest BCUT2D eigenvalue weighted by Crippen LogP contribution is -2.42. The topological polar surface area (TPSA) is 56.7 Å². The van der Waals surface area contributed by atoms with Crippen LogP contribution in [-0.2, 0) is 11.3 Å². The van der Waals surface area contributed by atoms with Crippen LogP contribution in [0.25, 0.3) is 0 Å². The molecule has 0 bridgehead atoms. The van der Waals surface area contributed by atoms with Gasteiger partial charge in [-0.05, 0) is 55.8 Å². The van der Waals surface area contributed by atoms with Gasteiger partial charge >= 0.3 is 0 Å². The Balaban J connectivity index is 2.77.